The first-order valence-electron chi connectivity index (χ1n) is 6.57. The lowest BCUT2D eigenvalue weighted by Gasteiger charge is -2.13. The zero-order valence-electron chi connectivity index (χ0n) is 11.3. The van der Waals surface area contributed by atoms with Crippen molar-refractivity contribution in [1.29, 1.82) is 0 Å². The van der Waals surface area contributed by atoms with Crippen molar-refractivity contribution in [3.05, 3.63) is 36.2 Å². The van der Waals surface area contributed by atoms with Crippen molar-refractivity contribution in [3.63, 3.8) is 0 Å². The maximum absolute atomic E-state index is 11.7. The molecule has 8 heteroatoms. The van der Waals surface area contributed by atoms with Crippen LogP contribution in [0, 0.1) is 0 Å². The largest absolute Gasteiger partial charge is 0.367 e. The monoisotopic (exact) mass is 327 g/mol. The van der Waals surface area contributed by atoms with Crippen molar-refractivity contribution >= 4 is 19.7 Å². The number of nitrogens with zero attached hydrogens (tertiary/aromatic N) is 3. The quantitative estimate of drug-likeness (QED) is 0.809. The highest BCUT2D eigenvalue weighted by Crippen LogP contribution is 2.34. The first kappa shape index (κ1) is 14.5. The van der Waals surface area contributed by atoms with Crippen molar-refractivity contribution in [1.82, 2.24) is 14.8 Å². The minimum atomic E-state index is -4.00. The van der Waals surface area contributed by atoms with Gasteiger partial charge in [0.15, 0.2) is 5.82 Å². The van der Waals surface area contributed by atoms with E-state index < -0.39 is 9.05 Å². The van der Waals surface area contributed by atoms with Gasteiger partial charge in [0.05, 0.1) is 6.10 Å². The molecule has 0 spiro atoms. The number of rotatable bonds is 3. The fraction of sp³-hybridized carbons (Fsp3) is 0.385. The number of aromatic nitrogens is 3. The molecule has 1 aromatic heterocycles. The predicted molar refractivity (Wildman–Crippen MR) is 76.9 cm³/mol. The smallest absolute Gasteiger partial charge is 0.297 e. The van der Waals surface area contributed by atoms with Crippen LogP contribution in [0.2, 0.25) is 0 Å². The molecule has 1 fully saturated rings. The summed E-state index contributed by atoms with van der Waals surface area (Å²) >= 11 is 0. The third-order valence-electron chi connectivity index (χ3n) is 3.41. The van der Waals surface area contributed by atoms with Crippen molar-refractivity contribution < 1.29 is 13.2 Å². The summed E-state index contributed by atoms with van der Waals surface area (Å²) in [6.45, 7) is 1.97. The average molecular weight is 328 g/mol. The molecule has 1 saturated heterocycles. The molecule has 2 unspecified atom stereocenters. The third kappa shape index (κ3) is 2.81. The Morgan fingerprint density at radius 1 is 1.24 bits per heavy atom. The van der Waals surface area contributed by atoms with E-state index in [4.69, 9.17) is 15.4 Å². The van der Waals surface area contributed by atoms with Crippen molar-refractivity contribution in [2.45, 2.75) is 37.1 Å². The molecule has 2 heterocycles. The first-order valence-corrected chi connectivity index (χ1v) is 8.88. The molecular weight excluding hydrogens is 314 g/mol. The molecule has 0 N–H and O–H groups in total. The van der Waals surface area contributed by atoms with E-state index in [1.54, 1.807) is 12.1 Å². The minimum Gasteiger partial charge on any atom is -0.367 e. The molecular formula is C13H14ClN3O3S. The van der Waals surface area contributed by atoms with Gasteiger partial charge in [-0.2, -0.15) is 0 Å². The van der Waals surface area contributed by atoms with Gasteiger partial charge in [0.2, 0.25) is 0 Å². The van der Waals surface area contributed by atoms with Gasteiger partial charge in [-0.25, -0.2) is 8.42 Å². The van der Waals surface area contributed by atoms with Crippen molar-refractivity contribution in [3.8, 4) is 5.69 Å². The maximum atomic E-state index is 11.7. The zero-order chi connectivity index (χ0) is 15.0. The Morgan fingerprint density at radius 2 is 1.95 bits per heavy atom. The Morgan fingerprint density at radius 3 is 2.52 bits per heavy atom. The summed E-state index contributed by atoms with van der Waals surface area (Å²) in [5.74, 6) is 0.463. The van der Waals surface area contributed by atoms with E-state index in [2.05, 4.69) is 10.2 Å². The van der Waals surface area contributed by atoms with Crippen LogP contribution in [-0.2, 0) is 13.8 Å². The third-order valence-corrected chi connectivity index (χ3v) is 4.53. The van der Waals surface area contributed by atoms with Crippen molar-refractivity contribution in [2.24, 2.45) is 0 Å². The molecule has 0 saturated carbocycles. The molecule has 21 heavy (non-hydrogen) atoms. The standard InChI is InChI=1S/C13H14ClN3O3S/c1-9-7-8-11(20-9)12-15-16-13(21(14,18)19)17(12)10-5-3-2-4-6-10/h2-6,9,11H,7-8H2,1H3. The zero-order valence-corrected chi connectivity index (χ0v) is 12.9. The van der Waals surface area contributed by atoms with Gasteiger partial charge < -0.3 is 4.74 Å². The molecule has 1 aliphatic rings. The van der Waals surface area contributed by atoms with Gasteiger partial charge >= 0.3 is 0 Å². The van der Waals surface area contributed by atoms with E-state index in [9.17, 15) is 8.42 Å². The van der Waals surface area contributed by atoms with Crippen LogP contribution >= 0.6 is 10.7 Å². The van der Waals surface area contributed by atoms with Gasteiger partial charge in [-0.1, -0.05) is 18.2 Å². The Balaban J connectivity index is 2.16. The highest BCUT2D eigenvalue weighted by molar-refractivity contribution is 8.13. The Hall–Kier alpha value is -1.44. The second kappa shape index (κ2) is 5.40. The maximum Gasteiger partial charge on any atom is 0.297 e. The number of hydrogen-bond donors (Lipinski definition) is 0. The van der Waals surface area contributed by atoms with E-state index in [1.165, 1.54) is 4.57 Å². The summed E-state index contributed by atoms with van der Waals surface area (Å²) in [6.07, 6.45) is 1.51. The number of benzene rings is 1. The molecule has 0 amide bonds. The molecule has 112 valence electrons. The lowest BCUT2D eigenvalue weighted by molar-refractivity contribution is 0.0490. The predicted octanol–water partition coefficient (Wildman–Crippen LogP) is 2.43. The highest BCUT2D eigenvalue weighted by atomic mass is 35.7. The topological polar surface area (TPSA) is 74.1 Å². The number of hydrogen-bond acceptors (Lipinski definition) is 5. The van der Waals surface area contributed by atoms with Gasteiger partial charge in [0.1, 0.15) is 6.10 Å². The second-order valence-electron chi connectivity index (χ2n) is 4.96. The summed E-state index contributed by atoms with van der Waals surface area (Å²) < 4.78 is 30.7. The van der Waals surface area contributed by atoms with Crippen LogP contribution in [0.4, 0.5) is 0 Å². The van der Waals surface area contributed by atoms with E-state index in [1.807, 2.05) is 25.1 Å². The molecule has 2 aromatic rings. The Labute approximate surface area is 127 Å². The molecule has 3 rings (SSSR count). The van der Waals surface area contributed by atoms with Crippen LogP contribution in [-0.4, -0.2) is 29.3 Å². The summed E-state index contributed by atoms with van der Waals surface area (Å²) in [5.41, 5.74) is 0.639. The molecule has 0 bridgehead atoms. The van der Waals surface area contributed by atoms with Gasteiger partial charge in [-0.3, -0.25) is 4.57 Å². The Bertz CT molecular complexity index is 745. The lowest BCUT2D eigenvalue weighted by Crippen LogP contribution is -2.11. The molecule has 0 aliphatic carbocycles. The molecule has 1 aliphatic heterocycles. The number of halogens is 1. The van der Waals surface area contributed by atoms with Crippen LogP contribution in [0.15, 0.2) is 35.5 Å². The summed E-state index contributed by atoms with van der Waals surface area (Å²) in [4.78, 5) is 0. The van der Waals surface area contributed by atoms with Gasteiger partial charge in [-0.05, 0) is 31.9 Å². The Kier molecular flexibility index (Phi) is 3.73. The van der Waals surface area contributed by atoms with Crippen LogP contribution in [0.25, 0.3) is 5.69 Å². The van der Waals surface area contributed by atoms with E-state index in [0.29, 0.717) is 11.5 Å². The molecule has 1 aromatic carbocycles. The summed E-state index contributed by atoms with van der Waals surface area (Å²) in [5, 5.41) is 7.46. The molecule has 6 nitrogen and oxygen atoms in total. The van der Waals surface area contributed by atoms with Gasteiger partial charge in [0, 0.05) is 16.4 Å². The normalized spacial score (nSPS) is 22.6. The number of ether oxygens (including phenoxy) is 1. The highest BCUT2D eigenvalue weighted by Gasteiger charge is 2.32. The second-order valence-corrected chi connectivity index (χ2v) is 7.42. The van der Waals surface area contributed by atoms with E-state index in [0.717, 1.165) is 12.8 Å². The van der Waals surface area contributed by atoms with Crippen LogP contribution in [0.1, 0.15) is 31.7 Å². The fourth-order valence-electron chi connectivity index (χ4n) is 2.46. The molecule has 2 atom stereocenters. The summed E-state index contributed by atoms with van der Waals surface area (Å²) in [7, 11) is 1.47. The summed E-state index contributed by atoms with van der Waals surface area (Å²) in [6, 6.07) is 9.01. The first-order chi connectivity index (χ1) is 9.97. The van der Waals surface area contributed by atoms with E-state index >= 15 is 0 Å². The van der Waals surface area contributed by atoms with Crippen molar-refractivity contribution in [2.75, 3.05) is 0 Å². The average Bonchev–Trinajstić information content (AvgIpc) is 3.04. The minimum absolute atomic E-state index is 0.118. The SMILES string of the molecule is CC1CCC(c2nnc(S(=O)(=O)Cl)n2-c2ccccc2)O1. The van der Waals surface area contributed by atoms with Crippen LogP contribution in [0.5, 0.6) is 0 Å². The fourth-order valence-corrected chi connectivity index (χ4v) is 3.31. The molecule has 0 radical (unpaired) electrons. The van der Waals surface area contributed by atoms with Crippen LogP contribution in [0.3, 0.4) is 0 Å². The van der Waals surface area contributed by atoms with Gasteiger partial charge in [-0.15, -0.1) is 10.2 Å². The lowest BCUT2D eigenvalue weighted by atomic mass is 10.2. The number of para-hydroxylation sites is 1. The van der Waals surface area contributed by atoms with Crippen LogP contribution < -0.4 is 0 Å². The van der Waals surface area contributed by atoms with E-state index in [-0.39, 0.29) is 17.4 Å². The van der Waals surface area contributed by atoms with Gasteiger partial charge in [0.25, 0.3) is 14.2 Å².